The van der Waals surface area contributed by atoms with Crippen LogP contribution in [0.2, 0.25) is 5.02 Å². The summed E-state index contributed by atoms with van der Waals surface area (Å²) in [5.74, 6) is -0.819. The van der Waals surface area contributed by atoms with E-state index in [0.717, 1.165) is 18.3 Å². The van der Waals surface area contributed by atoms with Gasteiger partial charge in [-0.1, -0.05) is 16.8 Å². The molecule has 0 spiro atoms. The second kappa shape index (κ2) is 7.94. The van der Waals surface area contributed by atoms with Crippen molar-refractivity contribution in [1.82, 2.24) is 19.9 Å². The molecule has 0 saturated heterocycles. The zero-order valence-electron chi connectivity index (χ0n) is 17.3. The van der Waals surface area contributed by atoms with E-state index >= 15 is 0 Å². The second-order valence-corrected chi connectivity index (χ2v) is 8.15. The fourth-order valence-electron chi connectivity index (χ4n) is 3.86. The van der Waals surface area contributed by atoms with Crippen LogP contribution in [0.3, 0.4) is 0 Å². The molecule has 0 N–H and O–H groups in total. The highest BCUT2D eigenvalue weighted by molar-refractivity contribution is 6.31. The Morgan fingerprint density at radius 1 is 1.15 bits per heavy atom. The summed E-state index contributed by atoms with van der Waals surface area (Å²) >= 11 is 5.87. The Morgan fingerprint density at radius 3 is 2.65 bits per heavy atom. The lowest BCUT2D eigenvalue weighted by Gasteiger charge is -2.32. The van der Waals surface area contributed by atoms with Crippen LogP contribution in [-0.2, 0) is 6.18 Å². The minimum atomic E-state index is -4.61. The molecule has 1 atom stereocenters. The van der Waals surface area contributed by atoms with E-state index in [-0.39, 0.29) is 29.7 Å². The first-order valence-corrected chi connectivity index (χ1v) is 10.4. The number of anilines is 1. The molecule has 0 bridgehead atoms. The number of alkyl halides is 3. The number of amides is 1. The predicted molar refractivity (Wildman–Crippen MR) is 114 cm³/mol. The van der Waals surface area contributed by atoms with Gasteiger partial charge in [-0.15, -0.1) is 0 Å². The van der Waals surface area contributed by atoms with Gasteiger partial charge in [-0.3, -0.25) is 14.5 Å². The van der Waals surface area contributed by atoms with E-state index in [2.05, 4.69) is 15.2 Å². The van der Waals surface area contributed by atoms with Gasteiger partial charge in [0.2, 0.25) is 0 Å². The lowest BCUT2D eigenvalue weighted by molar-refractivity contribution is -0.137. The molecule has 1 aromatic carbocycles. The van der Waals surface area contributed by atoms with Gasteiger partial charge in [0.05, 0.1) is 34.6 Å². The van der Waals surface area contributed by atoms with Crippen molar-refractivity contribution in [1.29, 1.82) is 0 Å². The smallest absolute Gasteiger partial charge is 0.356 e. The van der Waals surface area contributed by atoms with Crippen molar-refractivity contribution in [2.45, 2.75) is 19.1 Å². The lowest BCUT2D eigenvalue weighted by Crippen LogP contribution is -2.42. The summed E-state index contributed by atoms with van der Waals surface area (Å²) in [5.41, 5.74) is 0.443. The average Bonchev–Trinajstić information content (AvgIpc) is 3.43. The summed E-state index contributed by atoms with van der Waals surface area (Å²) in [6, 6.07) is 5.64. The number of aromatic nitrogens is 4. The van der Waals surface area contributed by atoms with E-state index in [4.69, 9.17) is 16.1 Å². The van der Waals surface area contributed by atoms with Gasteiger partial charge in [-0.05, 0) is 31.2 Å². The zero-order chi connectivity index (χ0) is 24.2. The molecule has 1 aliphatic heterocycles. The van der Waals surface area contributed by atoms with Crippen molar-refractivity contribution in [3.05, 3.63) is 71.0 Å². The Kier molecular flexibility index (Phi) is 5.16. The highest BCUT2D eigenvalue weighted by Gasteiger charge is 2.37. The minimum Gasteiger partial charge on any atom is -0.356 e. The normalized spacial score (nSPS) is 16.1. The third-order valence-electron chi connectivity index (χ3n) is 5.45. The van der Waals surface area contributed by atoms with Crippen LogP contribution in [0.1, 0.15) is 29.0 Å². The minimum absolute atomic E-state index is 0.172. The Morgan fingerprint density at radius 2 is 1.94 bits per heavy atom. The first-order valence-electron chi connectivity index (χ1n) is 9.97. The number of benzene rings is 1. The number of hydrogen-bond donors (Lipinski definition) is 0. The molecular weight excluding hydrogens is 478 g/mol. The van der Waals surface area contributed by atoms with Crippen LogP contribution in [-0.4, -0.2) is 32.4 Å². The van der Waals surface area contributed by atoms with E-state index in [1.165, 1.54) is 40.2 Å². The highest BCUT2D eigenvalue weighted by Crippen LogP contribution is 2.39. The van der Waals surface area contributed by atoms with Crippen molar-refractivity contribution in [3.8, 4) is 22.6 Å². The van der Waals surface area contributed by atoms with Gasteiger partial charge in [0, 0.05) is 30.1 Å². The molecule has 3 aromatic heterocycles. The van der Waals surface area contributed by atoms with Crippen LogP contribution < -0.4 is 4.90 Å². The molecule has 1 amide bonds. The molecule has 34 heavy (non-hydrogen) atoms. The Balaban J connectivity index is 1.52. The van der Waals surface area contributed by atoms with Crippen molar-refractivity contribution in [3.63, 3.8) is 0 Å². The van der Waals surface area contributed by atoms with Crippen LogP contribution in [0.15, 0.2) is 53.4 Å². The van der Waals surface area contributed by atoms with E-state index in [0.29, 0.717) is 16.8 Å². The lowest BCUT2D eigenvalue weighted by atomic mass is 10.1. The maximum absolute atomic E-state index is 13.5. The first-order chi connectivity index (χ1) is 16.1. The standard InChI is InChI=1S/C22H14ClF4N5O2/c1-11-10-31(14-2-3-16(17(23)5-14)22(25,26)27)21(33)20-15(9-29-32(11)20)19-6-18(30-34-19)12-4-13(24)8-28-7-12/h2-9,11H,10H2,1H3/t11-/m0/s1. The van der Waals surface area contributed by atoms with Gasteiger partial charge >= 0.3 is 6.18 Å². The third-order valence-corrected chi connectivity index (χ3v) is 5.77. The fourth-order valence-corrected chi connectivity index (χ4v) is 4.14. The Hall–Kier alpha value is -3.73. The molecule has 5 rings (SSSR count). The van der Waals surface area contributed by atoms with Crippen LogP contribution >= 0.6 is 11.6 Å². The van der Waals surface area contributed by atoms with Crippen molar-refractivity contribution < 1.29 is 26.9 Å². The maximum atomic E-state index is 13.5. The summed E-state index contributed by atoms with van der Waals surface area (Å²) < 4.78 is 59.7. The topological polar surface area (TPSA) is 77.1 Å². The molecular formula is C22H14ClF4N5O2. The molecule has 0 fully saturated rings. The molecule has 4 heterocycles. The van der Waals surface area contributed by atoms with E-state index in [1.807, 2.05) is 6.92 Å². The van der Waals surface area contributed by atoms with Gasteiger partial charge in [0.15, 0.2) is 5.76 Å². The van der Waals surface area contributed by atoms with Gasteiger partial charge in [0.25, 0.3) is 5.91 Å². The van der Waals surface area contributed by atoms with Gasteiger partial charge in [-0.25, -0.2) is 4.39 Å². The number of hydrogen-bond acceptors (Lipinski definition) is 5. The number of nitrogens with zero attached hydrogens (tertiary/aromatic N) is 5. The number of halogens is 5. The Labute approximate surface area is 194 Å². The van der Waals surface area contributed by atoms with Gasteiger partial charge in [0.1, 0.15) is 17.2 Å². The average molecular weight is 492 g/mol. The van der Waals surface area contributed by atoms with E-state index in [1.54, 1.807) is 0 Å². The van der Waals surface area contributed by atoms with Crippen LogP contribution in [0.5, 0.6) is 0 Å². The quantitative estimate of drug-likeness (QED) is 0.347. The molecule has 0 aliphatic carbocycles. The number of carbonyl (C=O) groups excluding carboxylic acids is 1. The molecule has 0 radical (unpaired) electrons. The molecule has 174 valence electrons. The van der Waals surface area contributed by atoms with Crippen molar-refractivity contribution in [2.75, 3.05) is 11.4 Å². The van der Waals surface area contributed by atoms with Crippen LogP contribution in [0.25, 0.3) is 22.6 Å². The number of fused-ring (bicyclic) bond motifs is 1. The number of rotatable bonds is 3. The first kappa shape index (κ1) is 22.1. The SMILES string of the molecule is C[C@H]1CN(c2ccc(C(F)(F)F)c(Cl)c2)C(=O)c2c(-c3cc(-c4cncc(F)c4)no3)cnn21. The fraction of sp³-hybridized carbons (Fsp3) is 0.182. The molecule has 0 saturated carbocycles. The van der Waals surface area contributed by atoms with Gasteiger partial charge in [-0.2, -0.15) is 18.3 Å². The van der Waals surface area contributed by atoms with E-state index in [9.17, 15) is 22.4 Å². The molecule has 12 heteroatoms. The maximum Gasteiger partial charge on any atom is 0.417 e. The van der Waals surface area contributed by atoms with Crippen LogP contribution in [0, 0.1) is 5.82 Å². The zero-order valence-corrected chi connectivity index (χ0v) is 18.1. The van der Waals surface area contributed by atoms with Crippen molar-refractivity contribution in [2.24, 2.45) is 0 Å². The van der Waals surface area contributed by atoms with E-state index < -0.39 is 28.5 Å². The highest BCUT2D eigenvalue weighted by atomic mass is 35.5. The molecule has 0 unspecified atom stereocenters. The third kappa shape index (κ3) is 3.71. The molecule has 1 aliphatic rings. The number of carbonyl (C=O) groups is 1. The summed E-state index contributed by atoms with van der Waals surface area (Å²) in [6.07, 6.45) is -0.689. The number of pyridine rings is 1. The summed E-state index contributed by atoms with van der Waals surface area (Å²) in [5, 5.41) is 7.71. The van der Waals surface area contributed by atoms with Gasteiger partial charge < -0.3 is 9.42 Å². The summed E-state index contributed by atoms with van der Waals surface area (Å²) in [6.45, 7) is 1.99. The monoisotopic (exact) mass is 491 g/mol. The molecule has 4 aromatic rings. The van der Waals surface area contributed by atoms with Crippen molar-refractivity contribution >= 4 is 23.2 Å². The summed E-state index contributed by atoms with van der Waals surface area (Å²) in [4.78, 5) is 18.5. The van der Waals surface area contributed by atoms with Crippen LogP contribution in [0.4, 0.5) is 23.2 Å². The largest absolute Gasteiger partial charge is 0.417 e. The summed E-state index contributed by atoms with van der Waals surface area (Å²) in [7, 11) is 0. The molecule has 7 nitrogen and oxygen atoms in total. The second-order valence-electron chi connectivity index (χ2n) is 7.75. The Bertz CT molecular complexity index is 1410. The predicted octanol–water partition coefficient (Wildman–Crippen LogP) is 5.63.